The molecule has 0 bridgehead atoms. The molecular weight excluding hydrogens is 248 g/mol. The Morgan fingerprint density at radius 3 is 2.72 bits per heavy atom. The average molecular weight is 266 g/mol. The quantitative estimate of drug-likeness (QED) is 0.907. The molecule has 0 saturated carbocycles. The zero-order valence-corrected chi connectivity index (χ0v) is 11.9. The highest BCUT2D eigenvalue weighted by Crippen LogP contribution is 2.51. The Balaban J connectivity index is 2.43. The molecule has 1 heterocycles. The number of hydrogen-bond donors (Lipinski definition) is 1. The number of ether oxygens (including phenoxy) is 1. The Hall–Kier alpha value is -1.16. The van der Waals surface area contributed by atoms with Gasteiger partial charge in [-0.1, -0.05) is 37.7 Å². The highest BCUT2D eigenvalue weighted by Gasteiger charge is 2.37. The Morgan fingerprint density at radius 1 is 1.44 bits per heavy atom. The summed E-state index contributed by atoms with van der Waals surface area (Å²) in [5.74, 6) is 0.0567. The third-order valence-electron chi connectivity index (χ3n) is 3.00. The number of carboxylic acids is 1. The number of thioether (sulfide) groups is 1. The van der Waals surface area contributed by atoms with Crippen LogP contribution in [0.25, 0.3) is 0 Å². The zero-order valence-electron chi connectivity index (χ0n) is 11.1. The molecule has 1 aromatic rings. The second-order valence-corrected chi connectivity index (χ2v) is 7.32. The minimum atomic E-state index is -0.789. The number of fused-ring (bicyclic) bond motifs is 1. The van der Waals surface area contributed by atoms with Crippen LogP contribution in [0.2, 0.25) is 0 Å². The minimum absolute atomic E-state index is 0.0951. The van der Waals surface area contributed by atoms with Gasteiger partial charge in [0.2, 0.25) is 0 Å². The number of benzene rings is 1. The van der Waals surface area contributed by atoms with Crippen molar-refractivity contribution in [3.8, 4) is 5.75 Å². The third kappa shape index (κ3) is 2.48. The molecular formula is C14H18O3S. The first-order chi connectivity index (χ1) is 8.21. The molecule has 0 spiro atoms. The predicted octanol–water partition coefficient (Wildman–Crippen LogP) is 3.66. The maximum atomic E-state index is 11.0. The van der Waals surface area contributed by atoms with Gasteiger partial charge in [0.15, 0.2) is 4.93 Å². The van der Waals surface area contributed by atoms with Crippen LogP contribution in [0.4, 0.5) is 0 Å². The van der Waals surface area contributed by atoms with Crippen LogP contribution in [0.3, 0.4) is 0 Å². The molecule has 3 nitrogen and oxygen atoms in total. The van der Waals surface area contributed by atoms with Crippen molar-refractivity contribution in [2.24, 2.45) is 0 Å². The van der Waals surface area contributed by atoms with Crippen LogP contribution in [-0.2, 0) is 10.2 Å². The summed E-state index contributed by atoms with van der Waals surface area (Å²) in [7, 11) is 0. The second kappa shape index (κ2) is 4.19. The molecule has 1 N–H and O–H groups in total. The Morgan fingerprint density at radius 2 is 2.11 bits per heavy atom. The summed E-state index contributed by atoms with van der Waals surface area (Å²) >= 11 is 1.67. The minimum Gasteiger partial charge on any atom is -0.481 e. The molecule has 4 heteroatoms. The van der Waals surface area contributed by atoms with Crippen molar-refractivity contribution in [3.05, 3.63) is 23.8 Å². The van der Waals surface area contributed by atoms with E-state index in [1.807, 2.05) is 45.9 Å². The fourth-order valence-corrected chi connectivity index (χ4v) is 3.28. The van der Waals surface area contributed by atoms with Crippen molar-refractivity contribution < 1.29 is 14.6 Å². The molecule has 0 aliphatic carbocycles. The lowest BCUT2D eigenvalue weighted by atomic mass is 9.81. The van der Waals surface area contributed by atoms with Gasteiger partial charge in [-0.05, 0) is 19.9 Å². The molecule has 2 rings (SSSR count). The number of para-hydroxylation sites is 1. The van der Waals surface area contributed by atoms with Crippen molar-refractivity contribution in [2.75, 3.05) is 0 Å². The lowest BCUT2D eigenvalue weighted by molar-refractivity contribution is -0.138. The summed E-state index contributed by atoms with van der Waals surface area (Å²) in [6.45, 7) is 7.92. The van der Waals surface area contributed by atoms with E-state index in [2.05, 4.69) is 0 Å². The van der Waals surface area contributed by atoms with Gasteiger partial charge in [0, 0.05) is 11.0 Å². The van der Waals surface area contributed by atoms with E-state index in [0.29, 0.717) is 0 Å². The number of hydrogen-bond acceptors (Lipinski definition) is 3. The van der Waals surface area contributed by atoms with E-state index in [-0.39, 0.29) is 11.4 Å². The van der Waals surface area contributed by atoms with Gasteiger partial charge in [0.25, 0.3) is 0 Å². The number of carboxylic acid groups (broad SMARTS) is 1. The van der Waals surface area contributed by atoms with Gasteiger partial charge < -0.3 is 9.84 Å². The molecule has 0 unspecified atom stereocenters. The largest absolute Gasteiger partial charge is 0.481 e. The van der Waals surface area contributed by atoms with Crippen molar-refractivity contribution in [1.82, 2.24) is 0 Å². The van der Waals surface area contributed by atoms with Crippen LogP contribution >= 0.6 is 11.8 Å². The fourth-order valence-electron chi connectivity index (χ4n) is 2.24. The predicted molar refractivity (Wildman–Crippen MR) is 72.3 cm³/mol. The summed E-state index contributed by atoms with van der Waals surface area (Å²) in [5, 5.41) is 9.02. The zero-order chi connectivity index (χ0) is 13.6. The monoisotopic (exact) mass is 266 g/mol. The van der Waals surface area contributed by atoms with E-state index < -0.39 is 11.4 Å². The normalized spacial score (nSPS) is 17.1. The second-order valence-electron chi connectivity index (χ2n) is 5.69. The third-order valence-corrected chi connectivity index (χ3v) is 4.12. The van der Waals surface area contributed by atoms with Gasteiger partial charge >= 0.3 is 5.97 Å². The molecule has 0 amide bonds. The first-order valence-electron chi connectivity index (χ1n) is 5.95. The Bertz CT molecular complexity index is 492. The van der Waals surface area contributed by atoms with Crippen LogP contribution in [0.15, 0.2) is 23.1 Å². The van der Waals surface area contributed by atoms with Crippen LogP contribution in [0.1, 0.15) is 39.7 Å². The Labute approximate surface area is 112 Å². The van der Waals surface area contributed by atoms with Crippen LogP contribution in [0, 0.1) is 0 Å². The first-order valence-corrected chi connectivity index (χ1v) is 6.76. The number of aliphatic carboxylic acids is 1. The molecule has 0 fully saturated rings. The summed E-state index contributed by atoms with van der Waals surface area (Å²) in [5.41, 5.74) is 0.540. The smallest absolute Gasteiger partial charge is 0.304 e. The molecule has 0 saturated heterocycles. The highest BCUT2D eigenvalue weighted by atomic mass is 32.2. The van der Waals surface area contributed by atoms with Crippen molar-refractivity contribution in [1.29, 1.82) is 0 Å². The lowest BCUT2D eigenvalue weighted by Crippen LogP contribution is -2.24. The molecule has 1 aromatic carbocycles. The van der Waals surface area contributed by atoms with Crippen LogP contribution in [0.5, 0.6) is 5.75 Å². The fraction of sp³-hybridized carbons (Fsp3) is 0.500. The summed E-state index contributed by atoms with van der Waals surface area (Å²) in [6.07, 6.45) is 0.0951. The maximum Gasteiger partial charge on any atom is 0.304 e. The van der Waals surface area contributed by atoms with Gasteiger partial charge in [-0.15, -0.1) is 0 Å². The van der Waals surface area contributed by atoms with Gasteiger partial charge in [-0.3, -0.25) is 4.79 Å². The summed E-state index contributed by atoms with van der Waals surface area (Å²) in [6, 6.07) is 5.95. The van der Waals surface area contributed by atoms with Crippen molar-refractivity contribution in [2.45, 2.75) is 49.4 Å². The number of carbonyl (C=O) groups is 1. The van der Waals surface area contributed by atoms with E-state index in [1.54, 1.807) is 11.8 Å². The maximum absolute atomic E-state index is 11.0. The van der Waals surface area contributed by atoms with Gasteiger partial charge in [-0.25, -0.2) is 0 Å². The first kappa shape index (κ1) is 13.3. The molecule has 0 radical (unpaired) electrons. The summed E-state index contributed by atoms with van der Waals surface area (Å²) in [4.78, 5) is 11.8. The van der Waals surface area contributed by atoms with Crippen molar-refractivity contribution >= 4 is 17.7 Å². The summed E-state index contributed by atoms with van der Waals surface area (Å²) < 4.78 is 5.96. The van der Waals surface area contributed by atoms with E-state index >= 15 is 0 Å². The average Bonchev–Trinajstić information content (AvgIpc) is 2.48. The molecule has 98 valence electrons. The highest BCUT2D eigenvalue weighted by molar-refractivity contribution is 8.00. The van der Waals surface area contributed by atoms with E-state index in [1.165, 1.54) is 0 Å². The Kier molecular flexibility index (Phi) is 3.09. The molecule has 0 aromatic heterocycles. The van der Waals surface area contributed by atoms with E-state index in [4.69, 9.17) is 9.84 Å². The topological polar surface area (TPSA) is 46.5 Å². The van der Waals surface area contributed by atoms with E-state index in [0.717, 1.165) is 16.2 Å². The molecule has 0 atom stereocenters. The van der Waals surface area contributed by atoms with Gasteiger partial charge in [-0.2, -0.15) is 0 Å². The molecule has 1 aliphatic rings. The number of rotatable bonds is 3. The van der Waals surface area contributed by atoms with Crippen LogP contribution < -0.4 is 4.74 Å². The van der Waals surface area contributed by atoms with Crippen LogP contribution in [-0.4, -0.2) is 16.0 Å². The molecule has 1 aliphatic heterocycles. The lowest BCUT2D eigenvalue weighted by Gasteiger charge is -2.26. The molecule has 18 heavy (non-hydrogen) atoms. The van der Waals surface area contributed by atoms with E-state index in [9.17, 15) is 4.79 Å². The van der Waals surface area contributed by atoms with Gasteiger partial charge in [0.05, 0.1) is 11.3 Å². The standard InChI is InChI=1S/C14H18O3S/c1-13(2,8-11(15)16)9-6-5-7-10-12(9)17-14(3,4)18-10/h5-7H,8H2,1-4H3,(H,15,16). The van der Waals surface area contributed by atoms with Gasteiger partial charge in [0.1, 0.15) is 5.75 Å². The SMILES string of the molecule is CC1(C)Oc2c(cccc2C(C)(C)CC(=O)O)S1. The van der Waals surface area contributed by atoms with Crippen molar-refractivity contribution in [3.63, 3.8) is 0 Å².